The Morgan fingerprint density at radius 3 is 2.58 bits per heavy atom. The van der Waals surface area contributed by atoms with Crippen LogP contribution in [0.15, 0.2) is 15.9 Å². The lowest BCUT2D eigenvalue weighted by Gasteiger charge is -2.13. The minimum atomic E-state index is -3.63. The second-order valence-electron chi connectivity index (χ2n) is 3.84. The summed E-state index contributed by atoms with van der Waals surface area (Å²) in [6, 6.07) is 0.291. The van der Waals surface area contributed by atoms with E-state index in [0.717, 1.165) is 6.92 Å². The van der Waals surface area contributed by atoms with Crippen LogP contribution in [0, 0.1) is 0 Å². The van der Waals surface area contributed by atoms with Gasteiger partial charge in [-0.2, -0.15) is 0 Å². The van der Waals surface area contributed by atoms with Crippen LogP contribution in [0.4, 0.5) is 0 Å². The standard InChI is InChI=1S/C10H12BrNO5S2/c1-6(13)12-8(10(14)15)4-19(16,17)5-9-7(11)2-3-18-9/h2-3,8H,4-5H2,1H3,(H,12,13)(H,14,15)/t8-/m0/s1. The molecule has 2 N–H and O–H groups in total. The Morgan fingerprint density at radius 2 is 2.16 bits per heavy atom. The van der Waals surface area contributed by atoms with Gasteiger partial charge in [0.2, 0.25) is 5.91 Å². The number of hydrogen-bond donors (Lipinski definition) is 2. The van der Waals surface area contributed by atoms with Crippen molar-refractivity contribution in [2.24, 2.45) is 0 Å². The van der Waals surface area contributed by atoms with E-state index >= 15 is 0 Å². The molecule has 1 aromatic heterocycles. The number of thiophene rings is 1. The van der Waals surface area contributed by atoms with Crippen LogP contribution in [0.25, 0.3) is 0 Å². The molecule has 0 saturated carbocycles. The zero-order valence-electron chi connectivity index (χ0n) is 9.92. The fourth-order valence-corrected chi connectivity index (χ4v) is 5.04. The van der Waals surface area contributed by atoms with Crippen molar-refractivity contribution in [3.8, 4) is 0 Å². The van der Waals surface area contributed by atoms with E-state index in [1.807, 2.05) is 0 Å². The third-order valence-electron chi connectivity index (χ3n) is 2.14. The summed E-state index contributed by atoms with van der Waals surface area (Å²) in [5.74, 6) is -2.84. The van der Waals surface area contributed by atoms with Gasteiger partial charge in [0.15, 0.2) is 9.84 Å². The summed E-state index contributed by atoms with van der Waals surface area (Å²) in [6.45, 7) is 1.14. The molecule has 0 saturated heterocycles. The topological polar surface area (TPSA) is 101 Å². The van der Waals surface area contributed by atoms with Gasteiger partial charge in [-0.05, 0) is 27.4 Å². The second-order valence-corrected chi connectivity index (χ2v) is 7.80. The average Bonchev–Trinajstić information content (AvgIpc) is 2.61. The van der Waals surface area contributed by atoms with Crippen LogP contribution < -0.4 is 5.32 Å². The minimum absolute atomic E-state index is 0.255. The molecule has 1 rings (SSSR count). The van der Waals surface area contributed by atoms with Gasteiger partial charge in [-0.25, -0.2) is 13.2 Å². The summed E-state index contributed by atoms with van der Waals surface area (Å²) in [5, 5.41) is 12.7. The molecule has 0 spiro atoms. The van der Waals surface area contributed by atoms with Gasteiger partial charge in [-0.1, -0.05) is 0 Å². The predicted octanol–water partition coefficient (Wildman–Crippen LogP) is 1.01. The van der Waals surface area contributed by atoms with E-state index in [0.29, 0.717) is 9.35 Å². The Balaban J connectivity index is 2.80. The third kappa shape index (κ3) is 5.29. The Morgan fingerprint density at radius 1 is 1.53 bits per heavy atom. The second kappa shape index (κ2) is 6.49. The number of carbonyl (C=O) groups excluding carboxylic acids is 1. The quantitative estimate of drug-likeness (QED) is 0.779. The Hall–Kier alpha value is -0.930. The highest BCUT2D eigenvalue weighted by molar-refractivity contribution is 9.10. The number of sulfone groups is 1. The third-order valence-corrected chi connectivity index (χ3v) is 5.82. The number of carboxylic acids is 1. The smallest absolute Gasteiger partial charge is 0.327 e. The van der Waals surface area contributed by atoms with E-state index in [2.05, 4.69) is 21.2 Å². The summed E-state index contributed by atoms with van der Waals surface area (Å²) in [5.41, 5.74) is 0. The van der Waals surface area contributed by atoms with E-state index in [4.69, 9.17) is 5.11 Å². The maximum atomic E-state index is 11.9. The molecule has 1 atom stereocenters. The van der Waals surface area contributed by atoms with Gasteiger partial charge >= 0.3 is 5.97 Å². The molecule has 0 aromatic carbocycles. The van der Waals surface area contributed by atoms with Gasteiger partial charge < -0.3 is 10.4 Å². The number of carbonyl (C=O) groups is 2. The van der Waals surface area contributed by atoms with Crippen molar-refractivity contribution in [2.75, 3.05) is 5.75 Å². The van der Waals surface area contributed by atoms with Crippen molar-refractivity contribution < 1.29 is 23.1 Å². The van der Waals surface area contributed by atoms with Gasteiger partial charge in [0, 0.05) is 16.3 Å². The van der Waals surface area contributed by atoms with Crippen LogP contribution in [0.5, 0.6) is 0 Å². The van der Waals surface area contributed by atoms with Gasteiger partial charge in [0.25, 0.3) is 0 Å². The molecule has 0 fully saturated rings. The number of rotatable bonds is 6. The first kappa shape index (κ1) is 16.1. The molecular formula is C10H12BrNO5S2. The summed E-state index contributed by atoms with van der Waals surface area (Å²) < 4.78 is 24.5. The lowest BCUT2D eigenvalue weighted by atomic mass is 10.3. The van der Waals surface area contributed by atoms with Crippen LogP contribution in [0.1, 0.15) is 11.8 Å². The lowest BCUT2D eigenvalue weighted by Crippen LogP contribution is -2.44. The molecule has 0 aliphatic carbocycles. The molecule has 1 aromatic rings. The minimum Gasteiger partial charge on any atom is -0.480 e. The summed E-state index contributed by atoms with van der Waals surface area (Å²) in [6.07, 6.45) is 0. The molecule has 19 heavy (non-hydrogen) atoms. The first-order valence-electron chi connectivity index (χ1n) is 5.13. The Labute approximate surface area is 122 Å². The van der Waals surface area contributed by atoms with Crippen molar-refractivity contribution in [3.63, 3.8) is 0 Å². The average molecular weight is 370 g/mol. The summed E-state index contributed by atoms with van der Waals surface area (Å²) >= 11 is 4.48. The zero-order chi connectivity index (χ0) is 14.6. The highest BCUT2D eigenvalue weighted by Crippen LogP contribution is 2.25. The molecule has 0 bridgehead atoms. The Kier molecular flexibility index (Phi) is 5.50. The Bertz CT molecular complexity index is 580. The molecule has 1 amide bonds. The number of carboxylic acid groups (broad SMARTS) is 1. The highest BCUT2D eigenvalue weighted by Gasteiger charge is 2.26. The van der Waals surface area contributed by atoms with Gasteiger partial charge in [-0.3, -0.25) is 4.79 Å². The number of nitrogens with one attached hydrogen (secondary N) is 1. The molecule has 1 heterocycles. The van der Waals surface area contributed by atoms with E-state index in [9.17, 15) is 18.0 Å². The number of hydrogen-bond acceptors (Lipinski definition) is 5. The monoisotopic (exact) mass is 369 g/mol. The van der Waals surface area contributed by atoms with Crippen LogP contribution in [-0.4, -0.2) is 37.2 Å². The molecular weight excluding hydrogens is 358 g/mol. The predicted molar refractivity (Wildman–Crippen MR) is 74.8 cm³/mol. The van der Waals surface area contributed by atoms with Crippen molar-refractivity contribution in [1.82, 2.24) is 5.32 Å². The lowest BCUT2D eigenvalue weighted by molar-refractivity contribution is -0.140. The maximum Gasteiger partial charge on any atom is 0.327 e. The van der Waals surface area contributed by atoms with Crippen molar-refractivity contribution in [2.45, 2.75) is 18.7 Å². The van der Waals surface area contributed by atoms with Crippen LogP contribution in [-0.2, 0) is 25.2 Å². The summed E-state index contributed by atoms with van der Waals surface area (Å²) in [7, 11) is -3.63. The van der Waals surface area contributed by atoms with Crippen LogP contribution in [0.3, 0.4) is 0 Å². The van der Waals surface area contributed by atoms with Crippen molar-refractivity contribution in [1.29, 1.82) is 0 Å². The molecule has 0 aliphatic rings. The summed E-state index contributed by atoms with van der Waals surface area (Å²) in [4.78, 5) is 22.3. The van der Waals surface area contributed by atoms with Gasteiger partial charge in [0.1, 0.15) is 6.04 Å². The first-order valence-corrected chi connectivity index (χ1v) is 8.63. The van der Waals surface area contributed by atoms with Crippen LogP contribution in [0.2, 0.25) is 0 Å². The van der Waals surface area contributed by atoms with Crippen molar-refractivity contribution >= 4 is 49.0 Å². The largest absolute Gasteiger partial charge is 0.480 e. The van der Waals surface area contributed by atoms with Crippen LogP contribution >= 0.6 is 27.3 Å². The van der Waals surface area contributed by atoms with E-state index in [1.54, 1.807) is 11.4 Å². The first-order chi connectivity index (χ1) is 8.71. The molecule has 0 unspecified atom stereocenters. The number of halogens is 1. The molecule has 0 aliphatic heterocycles. The molecule has 9 heteroatoms. The van der Waals surface area contributed by atoms with Gasteiger partial charge in [-0.15, -0.1) is 11.3 Å². The highest BCUT2D eigenvalue weighted by atomic mass is 79.9. The zero-order valence-corrected chi connectivity index (χ0v) is 13.1. The van der Waals surface area contributed by atoms with E-state index < -0.39 is 33.5 Å². The molecule has 0 radical (unpaired) electrons. The maximum absolute atomic E-state index is 11.9. The van der Waals surface area contributed by atoms with E-state index in [-0.39, 0.29) is 5.75 Å². The van der Waals surface area contributed by atoms with E-state index in [1.165, 1.54) is 11.3 Å². The van der Waals surface area contributed by atoms with Crippen molar-refractivity contribution in [3.05, 3.63) is 20.8 Å². The molecule has 6 nitrogen and oxygen atoms in total. The number of aliphatic carboxylic acids is 1. The normalized spacial score (nSPS) is 12.9. The fraction of sp³-hybridized carbons (Fsp3) is 0.400. The van der Waals surface area contributed by atoms with Gasteiger partial charge in [0.05, 0.1) is 11.5 Å². The molecule has 106 valence electrons. The fourth-order valence-electron chi connectivity index (χ4n) is 1.36. The SMILES string of the molecule is CC(=O)N[C@@H](CS(=O)(=O)Cc1sccc1Br)C(=O)O. The number of amides is 1.